The van der Waals surface area contributed by atoms with Crippen LogP contribution in [0, 0.1) is 5.82 Å². The second kappa shape index (κ2) is 9.52. The first-order valence-corrected chi connectivity index (χ1v) is 9.57. The number of fused-ring (bicyclic) bond motifs is 1. The molecule has 0 spiro atoms. The summed E-state index contributed by atoms with van der Waals surface area (Å²) in [5, 5.41) is 0.557. The zero-order chi connectivity index (χ0) is 20.8. The number of carbonyl (C=O) groups excluding carboxylic acids is 1. The van der Waals surface area contributed by atoms with Gasteiger partial charge in [0.15, 0.2) is 17.7 Å². The van der Waals surface area contributed by atoms with E-state index in [0.29, 0.717) is 22.7 Å². The minimum Gasteiger partial charge on any atom is -0.476 e. The first-order valence-electron chi connectivity index (χ1n) is 9.19. The molecule has 1 heterocycles. The molecule has 0 aliphatic carbocycles. The van der Waals surface area contributed by atoms with Gasteiger partial charge < -0.3 is 14.2 Å². The Morgan fingerprint density at radius 1 is 1.21 bits per heavy atom. The van der Waals surface area contributed by atoms with E-state index in [9.17, 15) is 9.18 Å². The first-order chi connectivity index (χ1) is 14.0. The SMILES string of the molecule is CCCCOC(=O)C(C)Oc1ccc(Oc2cnc3cc(Cl)ccc3n2)cc1F. The topological polar surface area (TPSA) is 70.5 Å². The number of esters is 1. The Bertz CT molecular complexity index is 1020. The molecule has 0 bridgehead atoms. The number of hydrogen-bond donors (Lipinski definition) is 0. The van der Waals surface area contributed by atoms with Crippen molar-refractivity contribution in [3.05, 3.63) is 53.4 Å². The van der Waals surface area contributed by atoms with Gasteiger partial charge >= 0.3 is 5.97 Å². The molecular weight excluding hydrogens is 399 g/mol. The summed E-state index contributed by atoms with van der Waals surface area (Å²) in [4.78, 5) is 20.4. The van der Waals surface area contributed by atoms with Crippen LogP contribution in [0.5, 0.6) is 17.4 Å². The van der Waals surface area contributed by atoms with Crippen molar-refractivity contribution < 1.29 is 23.4 Å². The number of carbonyl (C=O) groups is 1. The molecule has 0 fully saturated rings. The Kier molecular flexibility index (Phi) is 6.82. The predicted octanol–water partition coefficient (Wildman–Crippen LogP) is 5.33. The van der Waals surface area contributed by atoms with Crippen LogP contribution in [0.2, 0.25) is 5.02 Å². The molecule has 29 heavy (non-hydrogen) atoms. The molecule has 3 rings (SSSR count). The van der Waals surface area contributed by atoms with Crippen LogP contribution >= 0.6 is 11.6 Å². The fourth-order valence-electron chi connectivity index (χ4n) is 2.45. The standard InChI is InChI=1S/C21H20ClFN2O4/c1-3-4-9-27-21(26)13(2)28-19-8-6-15(11-16(19)23)29-20-12-24-18-10-14(22)5-7-17(18)25-20/h5-8,10-13H,3-4,9H2,1-2H3. The zero-order valence-corrected chi connectivity index (χ0v) is 16.8. The van der Waals surface area contributed by atoms with Crippen molar-refractivity contribution in [1.29, 1.82) is 0 Å². The number of unbranched alkanes of at least 4 members (excludes halogenated alkanes) is 1. The van der Waals surface area contributed by atoms with Crippen molar-refractivity contribution in [2.75, 3.05) is 6.61 Å². The van der Waals surface area contributed by atoms with Crippen LogP contribution in [0.15, 0.2) is 42.6 Å². The second-order valence-electron chi connectivity index (χ2n) is 6.32. The van der Waals surface area contributed by atoms with Crippen LogP contribution in [0.3, 0.4) is 0 Å². The number of hydrogen-bond acceptors (Lipinski definition) is 6. The minimum absolute atomic E-state index is 0.0727. The van der Waals surface area contributed by atoms with Gasteiger partial charge in [-0.15, -0.1) is 0 Å². The lowest BCUT2D eigenvalue weighted by molar-refractivity contribution is -0.151. The van der Waals surface area contributed by atoms with Gasteiger partial charge in [-0.2, -0.15) is 0 Å². The second-order valence-corrected chi connectivity index (χ2v) is 6.75. The third-order valence-corrected chi connectivity index (χ3v) is 4.22. The summed E-state index contributed by atoms with van der Waals surface area (Å²) in [5.41, 5.74) is 1.22. The molecule has 0 amide bonds. The van der Waals surface area contributed by atoms with E-state index in [0.717, 1.165) is 18.9 Å². The minimum atomic E-state index is -0.925. The molecular formula is C21H20ClFN2O4. The van der Waals surface area contributed by atoms with Crippen LogP contribution in [0.1, 0.15) is 26.7 Å². The Balaban J connectivity index is 1.66. The van der Waals surface area contributed by atoms with Crippen molar-refractivity contribution in [3.63, 3.8) is 0 Å². The molecule has 1 atom stereocenters. The number of ether oxygens (including phenoxy) is 3. The van der Waals surface area contributed by atoms with E-state index in [1.807, 2.05) is 6.92 Å². The normalized spacial score (nSPS) is 11.9. The molecule has 3 aromatic rings. The van der Waals surface area contributed by atoms with Gasteiger partial charge in [-0.3, -0.25) is 0 Å². The highest BCUT2D eigenvalue weighted by atomic mass is 35.5. The molecule has 0 aliphatic heterocycles. The average molecular weight is 419 g/mol. The fraction of sp³-hybridized carbons (Fsp3) is 0.286. The van der Waals surface area contributed by atoms with Crippen molar-refractivity contribution in [3.8, 4) is 17.4 Å². The van der Waals surface area contributed by atoms with Gasteiger partial charge in [0.2, 0.25) is 5.88 Å². The van der Waals surface area contributed by atoms with Crippen LogP contribution in [0.25, 0.3) is 11.0 Å². The average Bonchev–Trinajstić information content (AvgIpc) is 2.70. The van der Waals surface area contributed by atoms with Gasteiger partial charge in [-0.1, -0.05) is 24.9 Å². The Labute approximate surface area is 172 Å². The summed E-state index contributed by atoms with van der Waals surface area (Å²) in [5.74, 6) is -0.853. The fourth-order valence-corrected chi connectivity index (χ4v) is 2.62. The Morgan fingerprint density at radius 2 is 2.03 bits per heavy atom. The predicted molar refractivity (Wildman–Crippen MR) is 107 cm³/mol. The molecule has 6 nitrogen and oxygen atoms in total. The molecule has 0 aliphatic rings. The maximum atomic E-state index is 14.4. The van der Waals surface area contributed by atoms with E-state index in [-0.39, 0.29) is 17.4 Å². The number of benzene rings is 2. The highest BCUT2D eigenvalue weighted by Crippen LogP contribution is 2.27. The van der Waals surface area contributed by atoms with E-state index in [2.05, 4.69) is 9.97 Å². The number of aromatic nitrogens is 2. The van der Waals surface area contributed by atoms with Crippen molar-refractivity contribution in [2.24, 2.45) is 0 Å². The molecule has 0 radical (unpaired) electrons. The molecule has 0 saturated heterocycles. The lowest BCUT2D eigenvalue weighted by atomic mass is 10.3. The highest BCUT2D eigenvalue weighted by Gasteiger charge is 2.18. The maximum absolute atomic E-state index is 14.4. The highest BCUT2D eigenvalue weighted by molar-refractivity contribution is 6.31. The van der Waals surface area contributed by atoms with Gasteiger partial charge in [0, 0.05) is 11.1 Å². The van der Waals surface area contributed by atoms with Crippen molar-refractivity contribution >= 4 is 28.6 Å². The van der Waals surface area contributed by atoms with Gasteiger partial charge in [-0.05, 0) is 43.7 Å². The molecule has 1 aromatic heterocycles. The Morgan fingerprint density at radius 3 is 2.79 bits per heavy atom. The summed E-state index contributed by atoms with van der Waals surface area (Å²) in [6.07, 6.45) is 2.18. The smallest absolute Gasteiger partial charge is 0.347 e. The lowest BCUT2D eigenvalue weighted by Crippen LogP contribution is -2.26. The van der Waals surface area contributed by atoms with Gasteiger partial charge in [0.05, 0.1) is 23.8 Å². The summed E-state index contributed by atoms with van der Waals surface area (Å²) in [7, 11) is 0. The monoisotopic (exact) mass is 418 g/mol. The van der Waals surface area contributed by atoms with Crippen molar-refractivity contribution in [1.82, 2.24) is 9.97 Å². The lowest BCUT2D eigenvalue weighted by Gasteiger charge is -2.15. The number of nitrogens with zero attached hydrogens (tertiary/aromatic N) is 2. The van der Waals surface area contributed by atoms with Crippen LogP contribution < -0.4 is 9.47 Å². The van der Waals surface area contributed by atoms with Crippen LogP contribution in [-0.4, -0.2) is 28.6 Å². The molecule has 2 aromatic carbocycles. The summed E-state index contributed by atoms with van der Waals surface area (Å²) in [6, 6.07) is 9.15. The van der Waals surface area contributed by atoms with Crippen LogP contribution in [-0.2, 0) is 9.53 Å². The van der Waals surface area contributed by atoms with E-state index in [1.165, 1.54) is 25.3 Å². The third kappa shape index (κ3) is 5.54. The molecule has 0 N–H and O–H groups in total. The van der Waals surface area contributed by atoms with E-state index in [4.69, 9.17) is 25.8 Å². The molecule has 152 valence electrons. The molecule has 0 saturated carbocycles. The Hall–Kier alpha value is -2.93. The first kappa shape index (κ1) is 20.8. The molecule has 8 heteroatoms. The number of halogens is 2. The number of rotatable bonds is 8. The van der Waals surface area contributed by atoms with Crippen molar-refractivity contribution in [2.45, 2.75) is 32.8 Å². The summed E-state index contributed by atoms with van der Waals surface area (Å²) >= 11 is 5.93. The van der Waals surface area contributed by atoms with Gasteiger partial charge in [-0.25, -0.2) is 19.2 Å². The summed E-state index contributed by atoms with van der Waals surface area (Å²) < 4.78 is 30.4. The van der Waals surface area contributed by atoms with Gasteiger partial charge in [0.1, 0.15) is 5.75 Å². The van der Waals surface area contributed by atoms with Crippen LogP contribution in [0.4, 0.5) is 4.39 Å². The largest absolute Gasteiger partial charge is 0.476 e. The van der Waals surface area contributed by atoms with E-state index in [1.54, 1.807) is 18.2 Å². The van der Waals surface area contributed by atoms with E-state index >= 15 is 0 Å². The maximum Gasteiger partial charge on any atom is 0.347 e. The van der Waals surface area contributed by atoms with Gasteiger partial charge in [0.25, 0.3) is 0 Å². The third-order valence-electron chi connectivity index (χ3n) is 3.99. The summed E-state index contributed by atoms with van der Waals surface area (Å²) in [6.45, 7) is 3.82. The zero-order valence-electron chi connectivity index (χ0n) is 16.0. The molecule has 1 unspecified atom stereocenters. The quantitative estimate of drug-likeness (QED) is 0.364. The van der Waals surface area contributed by atoms with E-state index < -0.39 is 17.9 Å².